The van der Waals surface area contributed by atoms with E-state index in [0.29, 0.717) is 6.61 Å². The second kappa shape index (κ2) is 5.49. The largest absolute Gasteiger partial charge is 0.379 e. The van der Waals surface area contributed by atoms with Gasteiger partial charge in [0, 0.05) is 25.3 Å². The molecule has 104 valence electrons. The predicted octanol–water partition coefficient (Wildman–Crippen LogP) is 1.62. The van der Waals surface area contributed by atoms with Crippen LogP contribution in [-0.4, -0.2) is 24.7 Å². The van der Waals surface area contributed by atoms with Crippen molar-refractivity contribution in [2.75, 3.05) is 13.2 Å². The van der Waals surface area contributed by atoms with Crippen LogP contribution in [0.2, 0.25) is 0 Å². The van der Waals surface area contributed by atoms with E-state index in [1.54, 1.807) is 0 Å². The molecule has 4 nitrogen and oxygen atoms in total. The van der Waals surface area contributed by atoms with Crippen LogP contribution in [0.4, 0.5) is 0 Å². The van der Waals surface area contributed by atoms with E-state index in [1.807, 2.05) is 25.1 Å². The fraction of sp³-hybridized carbons (Fsp3) is 0.500. The van der Waals surface area contributed by atoms with E-state index in [4.69, 9.17) is 4.74 Å². The maximum atomic E-state index is 12.2. The quantitative estimate of drug-likeness (QED) is 0.867. The summed E-state index contributed by atoms with van der Waals surface area (Å²) >= 11 is 0. The fourth-order valence-corrected chi connectivity index (χ4v) is 2.55. The summed E-state index contributed by atoms with van der Waals surface area (Å²) in [5.74, 6) is -0.00213. The Hall–Kier alpha value is -1.10. The number of carbonyl (C=O) groups excluding carboxylic acids is 1. The first-order valence-corrected chi connectivity index (χ1v) is 6.39. The second-order valence-corrected chi connectivity index (χ2v) is 5.40. The van der Waals surface area contributed by atoms with Crippen molar-refractivity contribution >= 4 is 18.3 Å². The summed E-state index contributed by atoms with van der Waals surface area (Å²) in [6.45, 7) is 5.13. The van der Waals surface area contributed by atoms with Gasteiger partial charge < -0.3 is 15.4 Å². The highest BCUT2D eigenvalue weighted by molar-refractivity contribution is 5.95. The molecule has 2 aliphatic heterocycles. The Morgan fingerprint density at radius 1 is 1.37 bits per heavy atom. The van der Waals surface area contributed by atoms with Gasteiger partial charge in [-0.25, -0.2) is 0 Å². The van der Waals surface area contributed by atoms with Crippen LogP contribution in [0.15, 0.2) is 18.2 Å². The van der Waals surface area contributed by atoms with Gasteiger partial charge in [-0.15, -0.1) is 12.4 Å². The molecule has 1 saturated heterocycles. The Kier molecular flexibility index (Phi) is 4.13. The number of halogens is 1. The van der Waals surface area contributed by atoms with E-state index in [-0.39, 0.29) is 23.9 Å². The van der Waals surface area contributed by atoms with Gasteiger partial charge in [0.25, 0.3) is 5.91 Å². The Balaban J connectivity index is 0.00000133. The van der Waals surface area contributed by atoms with Crippen LogP contribution in [0.1, 0.15) is 34.8 Å². The van der Waals surface area contributed by atoms with E-state index in [1.165, 1.54) is 11.1 Å². The van der Waals surface area contributed by atoms with Crippen LogP contribution >= 0.6 is 12.4 Å². The average Bonchev–Trinajstić information content (AvgIpc) is 2.96. The number of nitrogens with one attached hydrogen (secondary N) is 2. The van der Waals surface area contributed by atoms with Gasteiger partial charge in [0.2, 0.25) is 0 Å². The van der Waals surface area contributed by atoms with Gasteiger partial charge in [0.05, 0.1) is 12.1 Å². The summed E-state index contributed by atoms with van der Waals surface area (Å²) in [7, 11) is 0. The number of amides is 1. The van der Waals surface area contributed by atoms with Gasteiger partial charge in [-0.05, 0) is 36.6 Å². The maximum Gasteiger partial charge on any atom is 0.251 e. The molecule has 0 radical (unpaired) electrons. The molecule has 2 heterocycles. The lowest BCUT2D eigenvalue weighted by atomic mass is 10.00. The third-order valence-corrected chi connectivity index (χ3v) is 3.73. The molecule has 2 N–H and O–H groups in total. The van der Waals surface area contributed by atoms with Gasteiger partial charge in [-0.3, -0.25) is 4.79 Å². The Bertz CT molecular complexity index is 484. The molecule has 1 fully saturated rings. The van der Waals surface area contributed by atoms with Crippen LogP contribution in [0.5, 0.6) is 0 Å². The molecule has 2 aliphatic rings. The second-order valence-electron chi connectivity index (χ2n) is 5.40. The minimum atomic E-state index is -0.214. The first-order valence-electron chi connectivity index (χ1n) is 6.39. The van der Waals surface area contributed by atoms with Crippen LogP contribution in [0.3, 0.4) is 0 Å². The van der Waals surface area contributed by atoms with Gasteiger partial charge in [-0.2, -0.15) is 0 Å². The van der Waals surface area contributed by atoms with Crippen LogP contribution in [0.25, 0.3) is 0 Å². The summed E-state index contributed by atoms with van der Waals surface area (Å²) in [5.41, 5.74) is 3.05. The van der Waals surface area contributed by atoms with Crippen molar-refractivity contribution in [3.8, 4) is 0 Å². The number of benzene rings is 1. The van der Waals surface area contributed by atoms with Crippen molar-refractivity contribution in [3.05, 3.63) is 34.9 Å². The van der Waals surface area contributed by atoms with Crippen molar-refractivity contribution in [3.63, 3.8) is 0 Å². The number of fused-ring (bicyclic) bond motifs is 1. The molecular weight excluding hydrogens is 264 g/mol. The van der Waals surface area contributed by atoms with Gasteiger partial charge in [0.1, 0.15) is 0 Å². The molecule has 3 rings (SSSR count). The normalized spacial score (nSPS) is 24.7. The Morgan fingerprint density at radius 2 is 2.16 bits per heavy atom. The van der Waals surface area contributed by atoms with Crippen molar-refractivity contribution < 1.29 is 9.53 Å². The number of ether oxygens (including phenoxy) is 1. The molecule has 1 atom stereocenters. The van der Waals surface area contributed by atoms with E-state index < -0.39 is 0 Å². The fourth-order valence-electron chi connectivity index (χ4n) is 2.55. The van der Waals surface area contributed by atoms with Crippen molar-refractivity contribution in [2.24, 2.45) is 0 Å². The summed E-state index contributed by atoms with van der Waals surface area (Å²) in [4.78, 5) is 12.2. The molecule has 1 aromatic rings. The summed E-state index contributed by atoms with van der Waals surface area (Å²) < 4.78 is 5.35. The van der Waals surface area contributed by atoms with Crippen molar-refractivity contribution in [2.45, 2.75) is 32.0 Å². The van der Waals surface area contributed by atoms with Crippen molar-refractivity contribution in [1.82, 2.24) is 10.6 Å². The average molecular weight is 283 g/mol. The summed E-state index contributed by atoms with van der Waals surface area (Å²) in [5, 5.41) is 6.36. The highest BCUT2D eigenvalue weighted by Crippen LogP contribution is 2.20. The molecule has 0 spiro atoms. The van der Waals surface area contributed by atoms with Crippen molar-refractivity contribution in [1.29, 1.82) is 0 Å². The maximum absolute atomic E-state index is 12.2. The van der Waals surface area contributed by atoms with E-state index >= 15 is 0 Å². The molecule has 5 heteroatoms. The van der Waals surface area contributed by atoms with Crippen LogP contribution in [0, 0.1) is 0 Å². The number of carbonyl (C=O) groups is 1. The first-order chi connectivity index (χ1) is 8.66. The Morgan fingerprint density at radius 3 is 2.89 bits per heavy atom. The number of hydrogen-bond acceptors (Lipinski definition) is 3. The number of rotatable bonds is 2. The zero-order chi connectivity index (χ0) is 12.6. The molecule has 1 amide bonds. The van der Waals surface area contributed by atoms with Gasteiger partial charge >= 0.3 is 0 Å². The van der Waals surface area contributed by atoms with Gasteiger partial charge in [0.15, 0.2) is 0 Å². The van der Waals surface area contributed by atoms with Gasteiger partial charge in [-0.1, -0.05) is 6.07 Å². The molecular formula is C14H19ClN2O2. The predicted molar refractivity (Wildman–Crippen MR) is 75.5 cm³/mol. The smallest absolute Gasteiger partial charge is 0.251 e. The SMILES string of the molecule is CC1(NC(=O)c2ccc3c(c2)CNC3)CCOC1.Cl. The third-order valence-electron chi connectivity index (χ3n) is 3.73. The highest BCUT2D eigenvalue weighted by Gasteiger charge is 2.31. The monoisotopic (exact) mass is 282 g/mol. The highest BCUT2D eigenvalue weighted by atomic mass is 35.5. The minimum Gasteiger partial charge on any atom is -0.379 e. The lowest BCUT2D eigenvalue weighted by Gasteiger charge is -2.23. The lowest BCUT2D eigenvalue weighted by molar-refractivity contribution is 0.0890. The topological polar surface area (TPSA) is 50.4 Å². The molecule has 0 bridgehead atoms. The third kappa shape index (κ3) is 2.91. The standard InChI is InChI=1S/C14H18N2O2.ClH/c1-14(4-5-18-9-14)16-13(17)10-2-3-11-7-15-8-12(11)6-10;/h2-3,6,15H,4-5,7-9H2,1H3,(H,16,17);1H. The summed E-state index contributed by atoms with van der Waals surface area (Å²) in [6, 6.07) is 5.93. The molecule has 1 unspecified atom stereocenters. The zero-order valence-electron chi connectivity index (χ0n) is 11.0. The van der Waals surface area contributed by atoms with E-state index in [9.17, 15) is 4.79 Å². The summed E-state index contributed by atoms with van der Waals surface area (Å²) in [6.07, 6.45) is 0.880. The van der Waals surface area contributed by atoms with E-state index in [2.05, 4.69) is 10.6 Å². The lowest BCUT2D eigenvalue weighted by Crippen LogP contribution is -2.46. The number of hydrogen-bond donors (Lipinski definition) is 2. The molecule has 0 saturated carbocycles. The molecule has 0 aromatic heterocycles. The molecule has 19 heavy (non-hydrogen) atoms. The van der Waals surface area contributed by atoms with Crippen LogP contribution in [-0.2, 0) is 17.8 Å². The Labute approximate surface area is 119 Å². The van der Waals surface area contributed by atoms with E-state index in [0.717, 1.165) is 31.7 Å². The minimum absolute atomic E-state index is 0. The van der Waals surface area contributed by atoms with Crippen LogP contribution < -0.4 is 10.6 Å². The zero-order valence-corrected chi connectivity index (χ0v) is 11.8. The molecule has 1 aromatic carbocycles. The molecule has 0 aliphatic carbocycles. The first kappa shape index (κ1) is 14.3.